The number of carbonyl (C=O) groups excluding carboxylic acids is 1. The predicted molar refractivity (Wildman–Crippen MR) is 137 cm³/mol. The van der Waals surface area contributed by atoms with Crippen molar-refractivity contribution in [2.24, 2.45) is 11.8 Å². The van der Waals surface area contributed by atoms with Crippen LogP contribution in [-0.2, 0) is 4.79 Å². The topological polar surface area (TPSA) is 129 Å². The molecule has 1 aromatic rings. The van der Waals surface area contributed by atoms with Crippen molar-refractivity contribution < 1.29 is 9.53 Å². The van der Waals surface area contributed by atoms with Crippen LogP contribution in [0.3, 0.4) is 0 Å². The molecule has 1 aromatic carbocycles. The Bertz CT molecular complexity index is 894. The van der Waals surface area contributed by atoms with Gasteiger partial charge in [-0.1, -0.05) is 0 Å². The van der Waals surface area contributed by atoms with Gasteiger partial charge >= 0.3 is 0 Å². The van der Waals surface area contributed by atoms with Crippen LogP contribution in [0.1, 0.15) is 19.3 Å². The van der Waals surface area contributed by atoms with Crippen molar-refractivity contribution in [1.82, 2.24) is 36.6 Å². The van der Waals surface area contributed by atoms with Crippen molar-refractivity contribution in [3.63, 3.8) is 0 Å². The maximum Gasteiger partial charge on any atom is 0.242 e. The second-order valence-electron chi connectivity index (χ2n) is 10.2. The number of carbonyl (C=O) groups is 1. The number of hydrazine groups is 1. The van der Waals surface area contributed by atoms with Gasteiger partial charge in [0.25, 0.3) is 0 Å². The van der Waals surface area contributed by atoms with Gasteiger partial charge in [0.05, 0.1) is 18.2 Å². The van der Waals surface area contributed by atoms with Crippen LogP contribution >= 0.6 is 0 Å². The molecule has 0 saturated carbocycles. The van der Waals surface area contributed by atoms with Gasteiger partial charge < -0.3 is 15.4 Å². The van der Waals surface area contributed by atoms with E-state index in [1.165, 1.54) is 0 Å². The number of amides is 1. The Kier molecular flexibility index (Phi) is 8.53. The highest BCUT2D eigenvalue weighted by Gasteiger charge is 2.45. The third-order valence-corrected chi connectivity index (χ3v) is 7.79. The molecule has 11 nitrogen and oxygen atoms in total. The summed E-state index contributed by atoms with van der Waals surface area (Å²) in [6.45, 7) is 8.36. The fraction of sp³-hybridized carbons (Fsp3) is 0.680. The first-order valence-electron chi connectivity index (χ1n) is 13.3. The van der Waals surface area contributed by atoms with E-state index in [0.717, 1.165) is 70.1 Å². The van der Waals surface area contributed by atoms with Gasteiger partial charge in [0.15, 0.2) is 0 Å². The zero-order valence-corrected chi connectivity index (χ0v) is 20.8. The van der Waals surface area contributed by atoms with E-state index >= 15 is 0 Å². The first kappa shape index (κ1) is 25.2. The fourth-order valence-electron chi connectivity index (χ4n) is 5.65. The molecule has 0 bridgehead atoms. The average molecular weight is 498 g/mol. The number of nitrogens with one attached hydrogen (secondary N) is 6. The van der Waals surface area contributed by atoms with Gasteiger partial charge in [0, 0.05) is 70.5 Å². The summed E-state index contributed by atoms with van der Waals surface area (Å²) in [5, 5.41) is 23.2. The van der Waals surface area contributed by atoms with E-state index in [4.69, 9.17) is 10.00 Å². The molecule has 4 fully saturated rings. The third-order valence-electron chi connectivity index (χ3n) is 7.79. The van der Waals surface area contributed by atoms with Crippen LogP contribution in [0, 0.1) is 23.2 Å². The number of hydrogen-bond acceptors (Lipinski definition) is 10. The summed E-state index contributed by atoms with van der Waals surface area (Å²) in [7, 11) is 0. The highest BCUT2D eigenvalue weighted by molar-refractivity contribution is 5.81. The molecule has 4 heterocycles. The standard InChI is InChI=1S/C25H39N9O2/c26-8-5-18-6-11-34(12-7-18)25-30-21-17-28-32-24(35)22(21)23(31-25)29-19-1-3-20(4-2-19)36-16-15-33-13-9-27-10-14-33/h1-4,18,21-23,25,27-31H,5-7,9-17H2,(H,32,35). The Morgan fingerprint density at radius 3 is 2.61 bits per heavy atom. The molecule has 0 spiro atoms. The summed E-state index contributed by atoms with van der Waals surface area (Å²) in [5.41, 5.74) is 6.75. The van der Waals surface area contributed by atoms with E-state index in [1.54, 1.807) is 0 Å². The third kappa shape index (κ3) is 6.26. The molecule has 1 amide bonds. The minimum absolute atomic E-state index is 0.00641. The molecule has 4 aliphatic heterocycles. The molecule has 5 rings (SSSR count). The minimum atomic E-state index is -0.256. The normalized spacial score (nSPS) is 30.1. The highest BCUT2D eigenvalue weighted by atomic mass is 16.5. The molecule has 36 heavy (non-hydrogen) atoms. The predicted octanol–water partition coefficient (Wildman–Crippen LogP) is -0.570. The van der Waals surface area contributed by atoms with Crippen LogP contribution in [0.5, 0.6) is 5.75 Å². The Hall–Kier alpha value is -2.46. The van der Waals surface area contributed by atoms with E-state index in [9.17, 15) is 4.79 Å². The van der Waals surface area contributed by atoms with Crippen molar-refractivity contribution in [3.05, 3.63) is 24.3 Å². The van der Waals surface area contributed by atoms with Gasteiger partial charge in [0.1, 0.15) is 18.6 Å². The molecule has 4 aliphatic rings. The molecular weight excluding hydrogens is 458 g/mol. The Morgan fingerprint density at radius 1 is 1.08 bits per heavy atom. The first-order chi connectivity index (χ1) is 17.7. The summed E-state index contributed by atoms with van der Waals surface area (Å²) < 4.78 is 5.96. The average Bonchev–Trinajstić information content (AvgIpc) is 2.91. The number of likely N-dealkylation sites (tertiary alicyclic amines) is 1. The lowest BCUT2D eigenvalue weighted by Crippen LogP contribution is -2.77. The van der Waals surface area contributed by atoms with Crippen molar-refractivity contribution >= 4 is 11.6 Å². The number of piperidine rings is 1. The molecular formula is C25H39N9O2. The van der Waals surface area contributed by atoms with Gasteiger partial charge in [0.2, 0.25) is 5.91 Å². The number of ether oxygens (including phenoxy) is 1. The summed E-state index contributed by atoms with van der Waals surface area (Å²) in [6, 6.07) is 10.3. The first-order valence-corrected chi connectivity index (χ1v) is 13.3. The van der Waals surface area contributed by atoms with Crippen molar-refractivity contribution in [3.8, 4) is 11.8 Å². The highest BCUT2D eigenvalue weighted by Crippen LogP contribution is 2.26. The number of rotatable bonds is 8. The lowest BCUT2D eigenvalue weighted by molar-refractivity contribution is -0.132. The van der Waals surface area contributed by atoms with Crippen LogP contribution in [0.2, 0.25) is 0 Å². The summed E-state index contributed by atoms with van der Waals surface area (Å²) in [5.74, 6) is 1.05. The quantitative estimate of drug-likeness (QED) is 0.278. The number of hydrogen-bond donors (Lipinski definition) is 6. The van der Waals surface area contributed by atoms with E-state index in [2.05, 4.69) is 48.0 Å². The van der Waals surface area contributed by atoms with Crippen molar-refractivity contribution in [2.45, 2.75) is 37.8 Å². The number of fused-ring (bicyclic) bond motifs is 1. The SMILES string of the molecule is N#CCC1CCN(C2NC3CNNC(=O)C3C(Nc3ccc(OCCN4CCNCC4)cc3)N2)CC1. The summed E-state index contributed by atoms with van der Waals surface area (Å²) in [6.07, 6.45) is 2.42. The number of benzene rings is 1. The monoisotopic (exact) mass is 497 g/mol. The molecule has 11 heteroatoms. The maximum absolute atomic E-state index is 12.8. The molecule has 4 atom stereocenters. The van der Waals surface area contributed by atoms with Crippen LogP contribution in [0.4, 0.5) is 5.69 Å². The van der Waals surface area contributed by atoms with Gasteiger partial charge in [-0.25, -0.2) is 5.43 Å². The smallest absolute Gasteiger partial charge is 0.242 e. The Morgan fingerprint density at radius 2 is 1.86 bits per heavy atom. The van der Waals surface area contributed by atoms with Gasteiger partial charge in [-0.15, -0.1) is 0 Å². The fourth-order valence-corrected chi connectivity index (χ4v) is 5.65. The molecule has 6 N–H and O–H groups in total. The molecule has 0 aromatic heterocycles. The van der Waals surface area contributed by atoms with E-state index in [1.807, 2.05) is 24.3 Å². The van der Waals surface area contributed by atoms with Gasteiger partial charge in [-0.05, 0) is 43.0 Å². The van der Waals surface area contributed by atoms with E-state index in [0.29, 0.717) is 25.5 Å². The lowest BCUT2D eigenvalue weighted by Gasteiger charge is -2.49. The van der Waals surface area contributed by atoms with Gasteiger partial charge in [-0.2, -0.15) is 5.26 Å². The van der Waals surface area contributed by atoms with Gasteiger partial charge in [-0.3, -0.25) is 30.7 Å². The number of piperazine rings is 1. The Balaban J connectivity index is 1.18. The lowest BCUT2D eigenvalue weighted by atomic mass is 9.90. The molecule has 0 aliphatic carbocycles. The molecule has 4 unspecified atom stereocenters. The number of anilines is 1. The van der Waals surface area contributed by atoms with Crippen LogP contribution in [0.25, 0.3) is 0 Å². The summed E-state index contributed by atoms with van der Waals surface area (Å²) in [4.78, 5) is 17.6. The number of nitriles is 1. The zero-order valence-electron chi connectivity index (χ0n) is 20.8. The van der Waals surface area contributed by atoms with Crippen molar-refractivity contribution in [1.29, 1.82) is 5.26 Å². The second-order valence-corrected chi connectivity index (χ2v) is 10.2. The largest absolute Gasteiger partial charge is 0.492 e. The zero-order chi connectivity index (χ0) is 24.7. The number of nitrogens with zero attached hydrogens (tertiary/aromatic N) is 3. The minimum Gasteiger partial charge on any atom is -0.492 e. The van der Waals surface area contributed by atoms with E-state index in [-0.39, 0.29) is 30.3 Å². The van der Waals surface area contributed by atoms with Crippen LogP contribution in [0.15, 0.2) is 24.3 Å². The summed E-state index contributed by atoms with van der Waals surface area (Å²) >= 11 is 0. The Labute approximate surface area is 213 Å². The molecule has 196 valence electrons. The molecule has 4 saturated heterocycles. The maximum atomic E-state index is 12.8. The van der Waals surface area contributed by atoms with Crippen LogP contribution in [-0.4, -0.2) is 93.2 Å². The second kappa shape index (κ2) is 12.2. The van der Waals surface area contributed by atoms with Crippen molar-refractivity contribution in [2.75, 3.05) is 64.3 Å². The molecule has 0 radical (unpaired) electrons. The van der Waals surface area contributed by atoms with E-state index < -0.39 is 0 Å². The van der Waals surface area contributed by atoms with Crippen LogP contribution < -0.4 is 36.9 Å².